The van der Waals surface area contributed by atoms with Crippen molar-refractivity contribution >= 4 is 0 Å². The minimum atomic E-state index is 0.144. The van der Waals surface area contributed by atoms with Gasteiger partial charge in [0.1, 0.15) is 0 Å². The first-order chi connectivity index (χ1) is 4.60. The first kappa shape index (κ1) is 8.06. The quantitative estimate of drug-likeness (QED) is 0.505. The second-order valence-corrected chi connectivity index (χ2v) is 4.07. The summed E-state index contributed by atoms with van der Waals surface area (Å²) >= 11 is 0. The first-order valence-electron chi connectivity index (χ1n) is 4.24. The molecule has 0 aromatic carbocycles. The van der Waals surface area contributed by atoms with E-state index < -0.39 is 0 Å². The van der Waals surface area contributed by atoms with Crippen molar-refractivity contribution in [3.8, 4) is 0 Å². The zero-order valence-electron chi connectivity index (χ0n) is 7.31. The van der Waals surface area contributed by atoms with Crippen molar-refractivity contribution in [3.05, 3.63) is 0 Å². The van der Waals surface area contributed by atoms with Gasteiger partial charge in [-0.05, 0) is 32.6 Å². The van der Waals surface area contributed by atoms with E-state index in [0.717, 1.165) is 12.5 Å². The fourth-order valence-electron chi connectivity index (χ4n) is 1.40. The highest BCUT2D eigenvalue weighted by Gasteiger charge is 2.22. The highest BCUT2D eigenvalue weighted by molar-refractivity contribution is 4.72. The molecule has 0 radical (unpaired) electrons. The average molecular weight is 142 g/mol. The summed E-state index contributed by atoms with van der Waals surface area (Å²) in [5.74, 6) is 0.766. The third kappa shape index (κ3) is 2.30. The van der Waals surface area contributed by atoms with Gasteiger partial charge in [0, 0.05) is 6.61 Å². The fraction of sp³-hybridized carbons (Fsp3) is 1.00. The predicted molar refractivity (Wildman–Crippen MR) is 43.0 cm³/mol. The molecule has 1 heterocycles. The molecule has 1 heteroatoms. The van der Waals surface area contributed by atoms with Crippen molar-refractivity contribution in [2.24, 2.45) is 5.92 Å². The Morgan fingerprint density at radius 1 is 1.40 bits per heavy atom. The van der Waals surface area contributed by atoms with E-state index >= 15 is 0 Å². The summed E-state index contributed by atoms with van der Waals surface area (Å²) in [5.41, 5.74) is 0.144. The number of rotatable bonds is 0. The minimum Gasteiger partial charge on any atom is -0.375 e. The number of hydrogen-bond donors (Lipinski definition) is 0. The summed E-state index contributed by atoms with van der Waals surface area (Å²) in [6.45, 7) is 7.59. The van der Waals surface area contributed by atoms with E-state index in [0.29, 0.717) is 0 Å². The third-order valence-electron chi connectivity index (χ3n) is 2.23. The molecule has 0 aliphatic carbocycles. The van der Waals surface area contributed by atoms with Gasteiger partial charge >= 0.3 is 0 Å². The number of hydrogen-bond acceptors (Lipinski definition) is 1. The van der Waals surface area contributed by atoms with Crippen LogP contribution in [0.1, 0.15) is 40.0 Å². The molecular formula is C9H18O. The van der Waals surface area contributed by atoms with Crippen LogP contribution in [-0.4, -0.2) is 12.2 Å². The molecule has 0 spiro atoms. The summed E-state index contributed by atoms with van der Waals surface area (Å²) < 4.78 is 5.70. The van der Waals surface area contributed by atoms with Crippen LogP contribution in [-0.2, 0) is 4.74 Å². The fourth-order valence-corrected chi connectivity index (χ4v) is 1.40. The van der Waals surface area contributed by atoms with Crippen LogP contribution < -0.4 is 0 Å². The molecule has 0 aromatic rings. The van der Waals surface area contributed by atoms with Gasteiger partial charge in [0.2, 0.25) is 0 Å². The molecule has 1 unspecified atom stereocenters. The largest absolute Gasteiger partial charge is 0.375 e. The van der Waals surface area contributed by atoms with Crippen molar-refractivity contribution < 1.29 is 4.74 Å². The van der Waals surface area contributed by atoms with E-state index in [1.807, 2.05) is 0 Å². The van der Waals surface area contributed by atoms with Gasteiger partial charge < -0.3 is 4.74 Å². The van der Waals surface area contributed by atoms with E-state index in [-0.39, 0.29) is 5.60 Å². The summed E-state index contributed by atoms with van der Waals surface area (Å²) in [7, 11) is 0. The molecule has 1 rings (SSSR count). The van der Waals surface area contributed by atoms with E-state index in [2.05, 4.69) is 20.8 Å². The maximum absolute atomic E-state index is 5.70. The zero-order chi connectivity index (χ0) is 7.61. The Balaban J connectivity index is 2.41. The molecule has 0 aromatic heterocycles. The Morgan fingerprint density at radius 2 is 2.10 bits per heavy atom. The highest BCUT2D eigenvalue weighted by Crippen LogP contribution is 2.25. The Kier molecular flexibility index (Phi) is 2.35. The van der Waals surface area contributed by atoms with Crippen LogP contribution in [0.4, 0.5) is 0 Å². The molecule has 10 heavy (non-hydrogen) atoms. The van der Waals surface area contributed by atoms with Crippen LogP contribution in [0.3, 0.4) is 0 Å². The molecule has 1 fully saturated rings. The molecule has 1 aliphatic heterocycles. The van der Waals surface area contributed by atoms with Crippen LogP contribution in [0.2, 0.25) is 0 Å². The smallest absolute Gasteiger partial charge is 0.0626 e. The molecule has 0 saturated carbocycles. The molecule has 1 nitrogen and oxygen atoms in total. The standard InChI is InChI=1S/C9H18O/c1-8-5-4-6-9(2,3)10-7-8/h8H,4-7H2,1-3H3. The van der Waals surface area contributed by atoms with E-state index in [4.69, 9.17) is 4.74 Å². The van der Waals surface area contributed by atoms with Crippen molar-refractivity contribution in [1.29, 1.82) is 0 Å². The molecule has 1 aliphatic rings. The predicted octanol–water partition coefficient (Wildman–Crippen LogP) is 2.60. The lowest BCUT2D eigenvalue weighted by atomic mass is 10.00. The highest BCUT2D eigenvalue weighted by atomic mass is 16.5. The van der Waals surface area contributed by atoms with E-state index in [9.17, 15) is 0 Å². The maximum Gasteiger partial charge on any atom is 0.0626 e. The van der Waals surface area contributed by atoms with Crippen molar-refractivity contribution in [2.75, 3.05) is 6.61 Å². The van der Waals surface area contributed by atoms with Gasteiger partial charge in [-0.3, -0.25) is 0 Å². The van der Waals surface area contributed by atoms with Crippen LogP contribution in [0, 0.1) is 5.92 Å². The lowest BCUT2D eigenvalue weighted by Gasteiger charge is -2.22. The van der Waals surface area contributed by atoms with Crippen LogP contribution in [0.5, 0.6) is 0 Å². The normalized spacial score (nSPS) is 33.3. The molecule has 0 bridgehead atoms. The van der Waals surface area contributed by atoms with Gasteiger partial charge in [0.25, 0.3) is 0 Å². The van der Waals surface area contributed by atoms with Gasteiger partial charge in [-0.25, -0.2) is 0 Å². The molecule has 1 atom stereocenters. The minimum absolute atomic E-state index is 0.144. The molecule has 1 saturated heterocycles. The summed E-state index contributed by atoms with van der Waals surface area (Å²) in [6.07, 6.45) is 3.88. The van der Waals surface area contributed by atoms with Gasteiger partial charge in [-0.1, -0.05) is 13.3 Å². The van der Waals surface area contributed by atoms with Crippen molar-refractivity contribution in [1.82, 2.24) is 0 Å². The van der Waals surface area contributed by atoms with Crippen molar-refractivity contribution in [2.45, 2.75) is 45.6 Å². The maximum atomic E-state index is 5.70. The average Bonchev–Trinajstić information content (AvgIpc) is 1.94. The second-order valence-electron chi connectivity index (χ2n) is 4.07. The Bertz CT molecular complexity index is 107. The topological polar surface area (TPSA) is 9.23 Å². The Hall–Kier alpha value is -0.0400. The number of ether oxygens (including phenoxy) is 1. The molecule has 60 valence electrons. The third-order valence-corrected chi connectivity index (χ3v) is 2.23. The van der Waals surface area contributed by atoms with Crippen LogP contribution in [0.25, 0.3) is 0 Å². The summed E-state index contributed by atoms with van der Waals surface area (Å²) in [4.78, 5) is 0. The summed E-state index contributed by atoms with van der Waals surface area (Å²) in [6, 6.07) is 0. The Labute approximate surface area is 63.8 Å². The molecule has 0 N–H and O–H groups in total. The van der Waals surface area contributed by atoms with Gasteiger partial charge in [0.15, 0.2) is 0 Å². The van der Waals surface area contributed by atoms with Crippen molar-refractivity contribution in [3.63, 3.8) is 0 Å². The Morgan fingerprint density at radius 3 is 2.80 bits per heavy atom. The van der Waals surface area contributed by atoms with Gasteiger partial charge in [-0.15, -0.1) is 0 Å². The zero-order valence-corrected chi connectivity index (χ0v) is 7.31. The first-order valence-corrected chi connectivity index (χ1v) is 4.24. The summed E-state index contributed by atoms with van der Waals surface area (Å²) in [5, 5.41) is 0. The lowest BCUT2D eigenvalue weighted by molar-refractivity contribution is -0.0238. The van der Waals surface area contributed by atoms with Gasteiger partial charge in [-0.2, -0.15) is 0 Å². The van der Waals surface area contributed by atoms with E-state index in [1.54, 1.807) is 0 Å². The van der Waals surface area contributed by atoms with Gasteiger partial charge in [0.05, 0.1) is 5.60 Å². The van der Waals surface area contributed by atoms with Crippen LogP contribution >= 0.6 is 0 Å². The van der Waals surface area contributed by atoms with E-state index in [1.165, 1.54) is 19.3 Å². The van der Waals surface area contributed by atoms with Crippen LogP contribution in [0.15, 0.2) is 0 Å². The molecular weight excluding hydrogens is 124 g/mol. The second kappa shape index (κ2) is 2.91. The monoisotopic (exact) mass is 142 g/mol. The lowest BCUT2D eigenvalue weighted by Crippen LogP contribution is -2.23. The molecule has 0 amide bonds. The SMILES string of the molecule is CC1CCCC(C)(C)OC1.